The largest absolute Gasteiger partial charge is 0.388 e. The van der Waals surface area contributed by atoms with Gasteiger partial charge in [0.15, 0.2) is 5.78 Å². The van der Waals surface area contributed by atoms with Crippen molar-refractivity contribution in [1.29, 1.82) is 0 Å². The molecule has 1 aliphatic carbocycles. The average Bonchev–Trinajstić information content (AvgIpc) is 2.71. The second-order valence-electron chi connectivity index (χ2n) is 5.30. The summed E-state index contributed by atoms with van der Waals surface area (Å²) in [6.45, 7) is 0.831. The van der Waals surface area contributed by atoms with E-state index in [1.54, 1.807) is 0 Å². The van der Waals surface area contributed by atoms with Gasteiger partial charge in [-0.25, -0.2) is 0 Å². The highest BCUT2D eigenvalue weighted by Gasteiger charge is 2.30. The second-order valence-corrected chi connectivity index (χ2v) is 5.30. The Balaban J connectivity index is 2.17. The molecule has 4 rings (SSSR count). The molecule has 92 valence electrons. The van der Waals surface area contributed by atoms with Crippen LogP contribution in [0.25, 0.3) is 10.9 Å². The van der Waals surface area contributed by atoms with Gasteiger partial charge in [-0.05, 0) is 19.3 Å². The Hall–Kier alpha value is -1.61. The molecule has 0 fully saturated rings. The number of fused-ring (bicyclic) bond motifs is 3. The first-order valence-corrected chi connectivity index (χ1v) is 6.62. The van der Waals surface area contributed by atoms with Gasteiger partial charge in [-0.1, -0.05) is 18.2 Å². The van der Waals surface area contributed by atoms with Crippen molar-refractivity contribution >= 4 is 16.7 Å². The van der Waals surface area contributed by atoms with Gasteiger partial charge in [0, 0.05) is 35.2 Å². The lowest BCUT2D eigenvalue weighted by Crippen LogP contribution is -2.17. The maximum Gasteiger partial charge on any atom is 0.165 e. The number of carbonyl (C=O) groups excluding carboxylic acids is 1. The van der Waals surface area contributed by atoms with Crippen LogP contribution in [0.2, 0.25) is 0 Å². The van der Waals surface area contributed by atoms with E-state index in [-0.39, 0.29) is 11.9 Å². The molecule has 2 aromatic rings. The molecule has 2 aliphatic rings. The third kappa shape index (κ3) is 1.15. The van der Waals surface area contributed by atoms with Gasteiger partial charge in [0.05, 0.1) is 11.6 Å². The number of hydrogen-bond acceptors (Lipinski definition) is 2. The Kier molecular flexibility index (Phi) is 1.98. The van der Waals surface area contributed by atoms with Gasteiger partial charge in [0.25, 0.3) is 0 Å². The number of para-hydroxylation sites is 1. The summed E-state index contributed by atoms with van der Waals surface area (Å²) in [4.78, 5) is 12.2. The van der Waals surface area contributed by atoms with Gasteiger partial charge in [-0.15, -0.1) is 0 Å². The summed E-state index contributed by atoms with van der Waals surface area (Å²) in [6.07, 6.45) is 2.98. The molecule has 1 aliphatic heterocycles. The van der Waals surface area contributed by atoms with Crippen LogP contribution in [0.5, 0.6) is 0 Å². The highest BCUT2D eigenvalue weighted by Crippen LogP contribution is 2.39. The number of nitrogens with zero attached hydrogens (tertiary/aromatic N) is 1. The monoisotopic (exact) mass is 241 g/mol. The molecule has 0 saturated heterocycles. The fraction of sp³-hybridized carbons (Fsp3) is 0.400. The molecule has 3 nitrogen and oxygen atoms in total. The zero-order valence-electron chi connectivity index (χ0n) is 10.1. The molecule has 1 N–H and O–H groups in total. The van der Waals surface area contributed by atoms with Crippen molar-refractivity contribution in [3.05, 3.63) is 35.0 Å². The Labute approximate surface area is 105 Å². The zero-order chi connectivity index (χ0) is 12.3. The summed E-state index contributed by atoms with van der Waals surface area (Å²) in [7, 11) is 0. The quantitative estimate of drug-likeness (QED) is 0.770. The number of hydrogen-bond donors (Lipinski definition) is 1. The molecule has 0 bridgehead atoms. The predicted molar refractivity (Wildman–Crippen MR) is 68.8 cm³/mol. The maximum atomic E-state index is 12.2. The zero-order valence-corrected chi connectivity index (χ0v) is 10.1. The van der Waals surface area contributed by atoms with Crippen LogP contribution in [0, 0.1) is 0 Å². The highest BCUT2D eigenvalue weighted by atomic mass is 16.3. The molecule has 1 aromatic heterocycles. The minimum Gasteiger partial charge on any atom is -0.388 e. The van der Waals surface area contributed by atoms with E-state index in [0.29, 0.717) is 6.42 Å². The number of ketones is 1. The van der Waals surface area contributed by atoms with E-state index in [0.717, 1.165) is 47.8 Å². The molecule has 0 spiro atoms. The number of benzene rings is 1. The number of aryl methyl sites for hydroxylation is 1. The van der Waals surface area contributed by atoms with Gasteiger partial charge >= 0.3 is 0 Å². The predicted octanol–water partition coefficient (Wildman–Crippen LogP) is 2.60. The van der Waals surface area contributed by atoms with Crippen LogP contribution in [0.1, 0.15) is 47.0 Å². The second kappa shape index (κ2) is 3.45. The molecular formula is C15H15NO2. The standard InChI is InChI=1S/C15H15NO2/c17-12-7-8-16-11-5-2-6-13(18)14(11)10-4-1-3-9(12)15(10)16/h1,3-4,12,17H,2,5-8H2. The fourth-order valence-electron chi connectivity index (χ4n) is 3.52. The Morgan fingerprint density at radius 3 is 3.06 bits per heavy atom. The molecule has 1 aromatic carbocycles. The molecule has 2 heterocycles. The van der Waals surface area contributed by atoms with Crippen molar-refractivity contribution in [2.75, 3.05) is 0 Å². The lowest BCUT2D eigenvalue weighted by Gasteiger charge is -2.22. The van der Waals surface area contributed by atoms with Crippen LogP contribution in [0.15, 0.2) is 18.2 Å². The smallest absolute Gasteiger partial charge is 0.165 e. The Morgan fingerprint density at radius 2 is 2.17 bits per heavy atom. The first-order chi connectivity index (χ1) is 8.77. The van der Waals surface area contributed by atoms with Crippen LogP contribution in [-0.4, -0.2) is 15.5 Å². The average molecular weight is 241 g/mol. The van der Waals surface area contributed by atoms with Crippen molar-refractivity contribution in [3.63, 3.8) is 0 Å². The Morgan fingerprint density at radius 1 is 1.28 bits per heavy atom. The minimum absolute atomic E-state index is 0.272. The van der Waals surface area contributed by atoms with Crippen LogP contribution in [-0.2, 0) is 13.0 Å². The van der Waals surface area contributed by atoms with E-state index >= 15 is 0 Å². The summed E-state index contributed by atoms with van der Waals surface area (Å²) >= 11 is 0. The van der Waals surface area contributed by atoms with Gasteiger partial charge in [-0.2, -0.15) is 0 Å². The van der Waals surface area contributed by atoms with E-state index in [1.165, 1.54) is 5.69 Å². The fourth-order valence-corrected chi connectivity index (χ4v) is 3.52. The summed E-state index contributed by atoms with van der Waals surface area (Å²) in [6, 6.07) is 5.97. The van der Waals surface area contributed by atoms with Gasteiger partial charge in [0.2, 0.25) is 0 Å². The van der Waals surface area contributed by atoms with Crippen molar-refractivity contribution < 1.29 is 9.90 Å². The summed E-state index contributed by atoms with van der Waals surface area (Å²) in [5.74, 6) is 0.272. The summed E-state index contributed by atoms with van der Waals surface area (Å²) in [5, 5.41) is 11.1. The van der Waals surface area contributed by atoms with Crippen molar-refractivity contribution in [1.82, 2.24) is 4.57 Å². The van der Waals surface area contributed by atoms with Crippen LogP contribution in [0.4, 0.5) is 0 Å². The summed E-state index contributed by atoms with van der Waals surface area (Å²) in [5.41, 5.74) is 4.20. The lowest BCUT2D eigenvalue weighted by atomic mass is 9.93. The van der Waals surface area contributed by atoms with E-state index in [2.05, 4.69) is 4.57 Å². The molecule has 0 radical (unpaired) electrons. The van der Waals surface area contributed by atoms with Crippen molar-refractivity contribution in [2.24, 2.45) is 0 Å². The lowest BCUT2D eigenvalue weighted by molar-refractivity contribution is 0.0973. The van der Waals surface area contributed by atoms with Crippen molar-refractivity contribution in [3.8, 4) is 0 Å². The van der Waals surface area contributed by atoms with Crippen LogP contribution < -0.4 is 0 Å². The highest BCUT2D eigenvalue weighted by molar-refractivity contribution is 6.11. The molecule has 18 heavy (non-hydrogen) atoms. The number of aliphatic hydroxyl groups is 1. The van der Waals surface area contributed by atoms with Gasteiger partial charge in [0.1, 0.15) is 0 Å². The van der Waals surface area contributed by atoms with E-state index in [9.17, 15) is 9.90 Å². The topological polar surface area (TPSA) is 42.2 Å². The van der Waals surface area contributed by atoms with E-state index in [1.807, 2.05) is 18.2 Å². The number of aliphatic hydroxyl groups excluding tert-OH is 1. The number of carbonyl (C=O) groups is 1. The maximum absolute atomic E-state index is 12.2. The van der Waals surface area contributed by atoms with Crippen LogP contribution in [0.3, 0.4) is 0 Å². The van der Waals surface area contributed by atoms with Gasteiger partial charge in [-0.3, -0.25) is 4.79 Å². The Bertz CT molecular complexity index is 669. The molecule has 1 unspecified atom stereocenters. The van der Waals surface area contributed by atoms with E-state index in [4.69, 9.17) is 0 Å². The first-order valence-electron chi connectivity index (χ1n) is 6.62. The van der Waals surface area contributed by atoms with Crippen LogP contribution >= 0.6 is 0 Å². The molecule has 0 amide bonds. The number of rotatable bonds is 0. The number of Topliss-reactive ketones (excluding diaryl/α,β-unsaturated/α-hetero) is 1. The molecule has 3 heteroatoms. The van der Waals surface area contributed by atoms with E-state index < -0.39 is 0 Å². The van der Waals surface area contributed by atoms with Gasteiger partial charge < -0.3 is 9.67 Å². The number of aromatic nitrogens is 1. The van der Waals surface area contributed by atoms with Crippen molar-refractivity contribution in [2.45, 2.75) is 38.3 Å². The normalized spacial score (nSPS) is 22.3. The molecule has 1 atom stereocenters. The third-order valence-corrected chi connectivity index (χ3v) is 4.30. The minimum atomic E-state index is -0.382. The SMILES string of the molecule is O=C1CCCc2c1c1cccc3c1n2CCC3O. The third-order valence-electron chi connectivity index (χ3n) is 4.30. The first kappa shape index (κ1) is 10.3. The molecule has 0 saturated carbocycles. The molecular weight excluding hydrogens is 226 g/mol. The summed E-state index contributed by atoms with van der Waals surface area (Å²) < 4.78 is 2.27.